The van der Waals surface area contributed by atoms with Crippen LogP contribution in [0.25, 0.3) is 10.2 Å². The molecule has 0 aliphatic carbocycles. The number of aromatic nitrogens is 2. The number of nitrogens with zero attached hydrogens (tertiary/aromatic N) is 3. The van der Waals surface area contributed by atoms with Crippen LogP contribution in [0.4, 0.5) is 0 Å². The van der Waals surface area contributed by atoms with Gasteiger partial charge in [0.05, 0.1) is 23.2 Å². The second kappa shape index (κ2) is 6.87. The monoisotopic (exact) mass is 383 g/mol. The number of carbonyl (C=O) groups excluding carboxylic acids is 1. The van der Waals surface area contributed by atoms with Crippen molar-refractivity contribution in [3.63, 3.8) is 0 Å². The summed E-state index contributed by atoms with van der Waals surface area (Å²) in [6.45, 7) is 3.74. The molecule has 25 heavy (non-hydrogen) atoms. The molecule has 9 heteroatoms. The minimum atomic E-state index is -3.09. The number of carbonyl (C=O) groups is 1. The van der Waals surface area contributed by atoms with Gasteiger partial charge in [0, 0.05) is 12.1 Å². The van der Waals surface area contributed by atoms with Crippen molar-refractivity contribution in [2.75, 3.05) is 11.5 Å². The van der Waals surface area contributed by atoms with Crippen molar-refractivity contribution in [2.45, 2.75) is 45.3 Å². The van der Waals surface area contributed by atoms with Gasteiger partial charge in [-0.15, -0.1) is 11.3 Å². The zero-order chi connectivity index (χ0) is 18.2. The number of amides is 1. The van der Waals surface area contributed by atoms with Gasteiger partial charge in [0.1, 0.15) is 11.4 Å². The highest BCUT2D eigenvalue weighted by molar-refractivity contribution is 7.91. The molecule has 0 spiro atoms. The first-order chi connectivity index (χ1) is 11.8. The van der Waals surface area contributed by atoms with Crippen LogP contribution in [0.15, 0.2) is 22.6 Å². The van der Waals surface area contributed by atoms with Crippen LogP contribution in [-0.2, 0) is 21.2 Å². The number of hydrogen-bond acceptors (Lipinski definition) is 6. The first kappa shape index (κ1) is 18.1. The Morgan fingerprint density at radius 3 is 2.92 bits per heavy atom. The lowest BCUT2D eigenvalue weighted by atomic mass is 10.1. The highest BCUT2D eigenvalue weighted by Gasteiger charge is 2.36. The van der Waals surface area contributed by atoms with Gasteiger partial charge in [0.2, 0.25) is 5.91 Å². The highest BCUT2D eigenvalue weighted by Crippen LogP contribution is 2.22. The molecular weight excluding hydrogens is 362 g/mol. The summed E-state index contributed by atoms with van der Waals surface area (Å²) in [7, 11) is -3.09. The first-order valence-electron chi connectivity index (χ1n) is 8.26. The maximum Gasteiger partial charge on any atom is 0.262 e. The van der Waals surface area contributed by atoms with Gasteiger partial charge >= 0.3 is 0 Å². The van der Waals surface area contributed by atoms with E-state index in [-0.39, 0.29) is 41.6 Å². The number of fused-ring (bicyclic) bond motifs is 1. The molecule has 0 aromatic carbocycles. The molecule has 2 atom stereocenters. The van der Waals surface area contributed by atoms with E-state index in [1.165, 1.54) is 22.2 Å². The van der Waals surface area contributed by atoms with Crippen LogP contribution in [0, 0.1) is 0 Å². The summed E-state index contributed by atoms with van der Waals surface area (Å²) in [5.41, 5.74) is -0.247. The van der Waals surface area contributed by atoms with Gasteiger partial charge < -0.3 is 4.90 Å². The van der Waals surface area contributed by atoms with Gasteiger partial charge in [0.25, 0.3) is 5.56 Å². The fraction of sp³-hybridized carbons (Fsp3) is 0.562. The molecule has 2 aromatic heterocycles. The average Bonchev–Trinajstić information content (AvgIpc) is 3.17. The molecule has 0 unspecified atom stereocenters. The summed E-state index contributed by atoms with van der Waals surface area (Å²) in [4.78, 5) is 31.9. The third-order valence-electron chi connectivity index (χ3n) is 4.71. The molecule has 1 saturated heterocycles. The Hall–Kier alpha value is -1.74. The Morgan fingerprint density at radius 1 is 1.52 bits per heavy atom. The second-order valence-electron chi connectivity index (χ2n) is 6.43. The summed E-state index contributed by atoms with van der Waals surface area (Å²) in [6.07, 6.45) is 2.56. The van der Waals surface area contributed by atoms with E-state index in [0.717, 1.165) is 6.42 Å². The van der Waals surface area contributed by atoms with Crippen molar-refractivity contribution < 1.29 is 13.2 Å². The average molecular weight is 383 g/mol. The Labute approximate surface area is 150 Å². The van der Waals surface area contributed by atoms with E-state index in [4.69, 9.17) is 0 Å². The van der Waals surface area contributed by atoms with E-state index in [9.17, 15) is 18.0 Å². The Kier molecular flexibility index (Phi) is 4.97. The first-order valence-corrected chi connectivity index (χ1v) is 11.0. The lowest BCUT2D eigenvalue weighted by molar-refractivity contribution is -0.136. The lowest BCUT2D eigenvalue weighted by Crippen LogP contribution is -2.48. The number of sulfone groups is 1. The smallest absolute Gasteiger partial charge is 0.262 e. The largest absolute Gasteiger partial charge is 0.334 e. The van der Waals surface area contributed by atoms with Crippen molar-refractivity contribution in [1.29, 1.82) is 0 Å². The van der Waals surface area contributed by atoms with Crippen molar-refractivity contribution in [3.8, 4) is 0 Å². The van der Waals surface area contributed by atoms with E-state index in [2.05, 4.69) is 4.98 Å². The minimum Gasteiger partial charge on any atom is -0.334 e. The lowest BCUT2D eigenvalue weighted by Gasteiger charge is -2.33. The third kappa shape index (κ3) is 3.62. The van der Waals surface area contributed by atoms with E-state index in [0.29, 0.717) is 16.6 Å². The Balaban J connectivity index is 1.87. The van der Waals surface area contributed by atoms with Crippen LogP contribution in [0.5, 0.6) is 0 Å². The van der Waals surface area contributed by atoms with Gasteiger partial charge in [0.15, 0.2) is 9.84 Å². The van der Waals surface area contributed by atoms with Crippen molar-refractivity contribution >= 4 is 37.3 Å². The Morgan fingerprint density at radius 2 is 2.28 bits per heavy atom. The predicted molar refractivity (Wildman–Crippen MR) is 97.5 cm³/mol. The quantitative estimate of drug-likeness (QED) is 0.776. The van der Waals surface area contributed by atoms with Gasteiger partial charge in [-0.1, -0.05) is 6.92 Å². The second-order valence-corrected chi connectivity index (χ2v) is 9.56. The zero-order valence-electron chi connectivity index (χ0n) is 14.2. The molecule has 0 saturated carbocycles. The summed E-state index contributed by atoms with van der Waals surface area (Å²) >= 11 is 1.38. The Bertz CT molecular complexity index is 948. The molecule has 1 fully saturated rings. The van der Waals surface area contributed by atoms with Crippen LogP contribution in [-0.4, -0.2) is 52.4 Å². The SMILES string of the molecule is CC[C@H](C)N(C(=O)Cn1cnc2sccc2c1=O)[C@@H]1CCS(=O)(=O)C1. The fourth-order valence-electron chi connectivity index (χ4n) is 3.23. The molecular formula is C16H21N3O4S2. The highest BCUT2D eigenvalue weighted by atomic mass is 32.2. The molecule has 1 aliphatic heterocycles. The van der Waals surface area contributed by atoms with Crippen molar-refractivity contribution in [3.05, 3.63) is 28.1 Å². The summed E-state index contributed by atoms with van der Waals surface area (Å²) in [6, 6.07) is 1.30. The zero-order valence-corrected chi connectivity index (χ0v) is 15.8. The van der Waals surface area contributed by atoms with Gasteiger partial charge in [-0.25, -0.2) is 13.4 Å². The van der Waals surface area contributed by atoms with Gasteiger partial charge in [-0.3, -0.25) is 14.2 Å². The molecule has 3 heterocycles. The molecule has 136 valence electrons. The molecule has 2 aromatic rings. The van der Waals surface area contributed by atoms with Crippen LogP contribution in [0.3, 0.4) is 0 Å². The number of thiophene rings is 1. The molecule has 1 aliphatic rings. The minimum absolute atomic E-state index is 0.000204. The summed E-state index contributed by atoms with van der Waals surface area (Å²) in [5.74, 6) is -0.130. The van der Waals surface area contributed by atoms with Crippen LogP contribution >= 0.6 is 11.3 Å². The molecule has 0 bridgehead atoms. The maximum atomic E-state index is 12.9. The van der Waals surface area contributed by atoms with E-state index < -0.39 is 9.84 Å². The van der Waals surface area contributed by atoms with Crippen LogP contribution in [0.2, 0.25) is 0 Å². The fourth-order valence-corrected chi connectivity index (χ4v) is 5.67. The number of hydrogen-bond donors (Lipinski definition) is 0. The number of rotatable bonds is 5. The van der Waals surface area contributed by atoms with E-state index >= 15 is 0 Å². The molecule has 7 nitrogen and oxygen atoms in total. The van der Waals surface area contributed by atoms with Crippen LogP contribution < -0.4 is 5.56 Å². The van der Waals surface area contributed by atoms with Crippen molar-refractivity contribution in [2.24, 2.45) is 0 Å². The van der Waals surface area contributed by atoms with Crippen molar-refractivity contribution in [1.82, 2.24) is 14.5 Å². The van der Waals surface area contributed by atoms with Gasteiger partial charge in [-0.2, -0.15) is 0 Å². The molecule has 0 radical (unpaired) electrons. The molecule has 0 N–H and O–H groups in total. The van der Waals surface area contributed by atoms with E-state index in [1.54, 1.807) is 16.3 Å². The summed E-state index contributed by atoms with van der Waals surface area (Å²) in [5, 5.41) is 2.29. The normalized spacial score (nSPS) is 20.6. The molecule has 3 rings (SSSR count). The standard InChI is InChI=1S/C16H21N3O4S2/c1-3-11(2)19(12-5-7-25(22,23)9-12)14(20)8-18-10-17-15-13(16(18)21)4-6-24-15/h4,6,10-12H,3,5,7-9H2,1-2H3/t11-,12+/m0/s1. The van der Waals surface area contributed by atoms with Gasteiger partial charge in [-0.05, 0) is 31.2 Å². The van der Waals surface area contributed by atoms with Crippen LogP contribution in [0.1, 0.15) is 26.7 Å². The maximum absolute atomic E-state index is 12.9. The summed E-state index contributed by atoms with van der Waals surface area (Å²) < 4.78 is 24.9. The third-order valence-corrected chi connectivity index (χ3v) is 7.28. The topological polar surface area (TPSA) is 89.3 Å². The predicted octanol–water partition coefficient (Wildman–Crippen LogP) is 1.27. The van der Waals surface area contributed by atoms with E-state index in [1.807, 2.05) is 13.8 Å². The molecule has 1 amide bonds.